The van der Waals surface area contributed by atoms with Crippen LogP contribution < -0.4 is 0 Å². The fourth-order valence-corrected chi connectivity index (χ4v) is 8.96. The fourth-order valence-electron chi connectivity index (χ4n) is 7.47. The Bertz CT molecular complexity index is 1350. The molecule has 0 atom stereocenters. The molecule has 0 aliphatic heterocycles. The van der Waals surface area contributed by atoms with Crippen molar-refractivity contribution in [2.24, 2.45) is 22.7 Å². The highest BCUT2D eigenvalue weighted by Crippen LogP contribution is 2.62. The summed E-state index contributed by atoms with van der Waals surface area (Å²) in [5, 5.41) is 22.5. The normalized spacial score (nSPS) is 26.3. The highest BCUT2D eigenvalue weighted by atomic mass is 35.5. The number of para-hydroxylation sites is 1. The largest absolute Gasteiger partial charge is 0.507 e. The van der Waals surface area contributed by atoms with Crippen molar-refractivity contribution in [3.8, 4) is 11.5 Å². The van der Waals surface area contributed by atoms with Crippen LogP contribution in [-0.4, -0.2) is 16.4 Å². The van der Waals surface area contributed by atoms with E-state index >= 15 is 0 Å². The Balaban J connectivity index is 1.26. The van der Waals surface area contributed by atoms with Crippen LogP contribution in [0.3, 0.4) is 0 Å². The molecule has 7 rings (SSSR count). The number of hydrogen-bond acceptors (Lipinski definition) is 4. The van der Waals surface area contributed by atoms with Crippen LogP contribution >= 0.6 is 35.0 Å². The molecule has 0 amide bonds. The average Bonchev–Trinajstić information content (AvgIpc) is 2.85. The van der Waals surface area contributed by atoms with Gasteiger partial charge in [-0.05, 0) is 92.9 Å². The first-order chi connectivity index (χ1) is 17.8. The SMILES string of the molecule is Cc1cc(CSc2ccccc2N=Cc2cc(Cl)cc(Cl)c2O)c(O)c(C23CC4CC(CC(C4)C2)C3)c1. The third-order valence-electron chi connectivity index (χ3n) is 8.59. The summed E-state index contributed by atoms with van der Waals surface area (Å²) in [6.07, 6.45) is 9.48. The third-order valence-corrected chi connectivity index (χ3v) is 10.2. The van der Waals surface area contributed by atoms with Crippen molar-refractivity contribution in [2.75, 3.05) is 0 Å². The Morgan fingerprint density at radius 1 is 0.946 bits per heavy atom. The zero-order valence-electron chi connectivity index (χ0n) is 20.9. The molecule has 4 bridgehead atoms. The quantitative estimate of drug-likeness (QED) is 0.237. The molecule has 3 aromatic carbocycles. The molecule has 4 aliphatic carbocycles. The molecule has 0 unspecified atom stereocenters. The maximum absolute atomic E-state index is 11.6. The van der Waals surface area contributed by atoms with Crippen molar-refractivity contribution in [1.29, 1.82) is 0 Å². The van der Waals surface area contributed by atoms with E-state index in [2.05, 4.69) is 24.0 Å². The number of hydrogen-bond donors (Lipinski definition) is 2. The Morgan fingerprint density at radius 2 is 1.62 bits per heavy atom. The number of benzene rings is 3. The number of aliphatic imine (C=N–C) groups is 1. The number of halogens is 2. The standard InChI is InChI=1S/C31H31Cl2NO2S/c1-18-6-23(29(35)25(7-18)31-13-19-8-20(14-31)10-21(9-19)15-31)17-37-28-5-3-2-4-27(28)34-16-22-11-24(32)12-26(33)30(22)36/h2-7,11-12,16,19-21,35-36H,8-10,13-15,17H2,1H3. The monoisotopic (exact) mass is 551 g/mol. The van der Waals surface area contributed by atoms with Gasteiger partial charge >= 0.3 is 0 Å². The van der Waals surface area contributed by atoms with Crippen LogP contribution in [0.2, 0.25) is 10.0 Å². The molecule has 0 saturated heterocycles. The van der Waals surface area contributed by atoms with E-state index in [0.29, 0.717) is 22.1 Å². The van der Waals surface area contributed by atoms with E-state index in [-0.39, 0.29) is 16.2 Å². The van der Waals surface area contributed by atoms with E-state index in [0.717, 1.165) is 33.9 Å². The van der Waals surface area contributed by atoms with Crippen LogP contribution in [-0.2, 0) is 11.2 Å². The van der Waals surface area contributed by atoms with Crippen LogP contribution in [0.5, 0.6) is 11.5 Å². The minimum absolute atomic E-state index is 0.0400. The smallest absolute Gasteiger partial charge is 0.143 e. The van der Waals surface area contributed by atoms with Crippen LogP contribution in [0.4, 0.5) is 5.69 Å². The zero-order valence-corrected chi connectivity index (χ0v) is 23.2. The number of nitrogens with zero attached hydrogens (tertiary/aromatic N) is 1. The predicted molar refractivity (Wildman–Crippen MR) is 154 cm³/mol. The lowest BCUT2D eigenvalue weighted by molar-refractivity contribution is -0.00620. The number of phenols is 2. The molecule has 4 saturated carbocycles. The fraction of sp³-hybridized carbons (Fsp3) is 0.387. The van der Waals surface area contributed by atoms with Crippen molar-refractivity contribution in [1.82, 2.24) is 0 Å². The van der Waals surface area contributed by atoms with Gasteiger partial charge in [0.2, 0.25) is 0 Å². The zero-order chi connectivity index (χ0) is 25.7. The Morgan fingerprint density at radius 3 is 2.32 bits per heavy atom. The molecule has 3 aromatic rings. The maximum atomic E-state index is 11.6. The third kappa shape index (κ3) is 4.89. The molecular formula is C31H31Cl2NO2S. The van der Waals surface area contributed by atoms with Gasteiger partial charge in [0, 0.05) is 38.6 Å². The lowest BCUT2D eigenvalue weighted by Gasteiger charge is -2.57. The first-order valence-corrected chi connectivity index (χ1v) is 14.8. The summed E-state index contributed by atoms with van der Waals surface area (Å²) in [6, 6.07) is 15.4. The Hall–Kier alpha value is -2.14. The molecule has 4 fully saturated rings. The van der Waals surface area contributed by atoms with E-state index in [1.165, 1.54) is 55.7 Å². The number of thioether (sulfide) groups is 1. The van der Waals surface area contributed by atoms with Crippen LogP contribution in [0.1, 0.15) is 60.8 Å². The van der Waals surface area contributed by atoms with Gasteiger partial charge in [-0.1, -0.05) is 53.0 Å². The van der Waals surface area contributed by atoms with Crippen molar-refractivity contribution in [3.63, 3.8) is 0 Å². The molecule has 0 spiro atoms. The molecule has 37 heavy (non-hydrogen) atoms. The van der Waals surface area contributed by atoms with E-state index in [4.69, 9.17) is 23.2 Å². The van der Waals surface area contributed by atoms with Gasteiger partial charge in [0.25, 0.3) is 0 Å². The first-order valence-electron chi connectivity index (χ1n) is 13.1. The molecule has 3 nitrogen and oxygen atoms in total. The second kappa shape index (κ2) is 9.87. The van der Waals surface area contributed by atoms with Crippen LogP contribution in [0, 0.1) is 24.7 Å². The summed E-state index contributed by atoms with van der Waals surface area (Å²) < 4.78 is 0. The minimum Gasteiger partial charge on any atom is -0.507 e. The topological polar surface area (TPSA) is 52.8 Å². The molecule has 6 heteroatoms. The molecule has 4 aliphatic rings. The second-order valence-electron chi connectivity index (χ2n) is 11.4. The molecular weight excluding hydrogens is 521 g/mol. The summed E-state index contributed by atoms with van der Waals surface area (Å²) in [4.78, 5) is 5.63. The second-order valence-corrected chi connectivity index (χ2v) is 13.2. The van der Waals surface area contributed by atoms with Gasteiger partial charge in [0.15, 0.2) is 0 Å². The van der Waals surface area contributed by atoms with Gasteiger partial charge in [-0.2, -0.15) is 0 Å². The summed E-state index contributed by atoms with van der Waals surface area (Å²) in [5.74, 6) is 3.63. The van der Waals surface area contributed by atoms with E-state index < -0.39 is 0 Å². The van der Waals surface area contributed by atoms with Crippen molar-refractivity contribution < 1.29 is 10.2 Å². The van der Waals surface area contributed by atoms with Gasteiger partial charge < -0.3 is 10.2 Å². The average molecular weight is 553 g/mol. The summed E-state index contributed by atoms with van der Waals surface area (Å²) in [6.45, 7) is 2.15. The lowest BCUT2D eigenvalue weighted by atomic mass is 9.48. The lowest BCUT2D eigenvalue weighted by Crippen LogP contribution is -2.48. The molecule has 0 heterocycles. The van der Waals surface area contributed by atoms with Gasteiger partial charge in [-0.25, -0.2) is 0 Å². The molecule has 192 valence electrons. The Kier molecular flexibility index (Phi) is 6.71. The van der Waals surface area contributed by atoms with Crippen molar-refractivity contribution in [3.05, 3.63) is 80.8 Å². The molecule has 0 aromatic heterocycles. The van der Waals surface area contributed by atoms with E-state index in [9.17, 15) is 10.2 Å². The van der Waals surface area contributed by atoms with Gasteiger partial charge in [-0.15, -0.1) is 11.8 Å². The highest BCUT2D eigenvalue weighted by Gasteiger charge is 2.52. The first kappa shape index (κ1) is 25.2. The predicted octanol–water partition coefficient (Wildman–Crippen LogP) is 9.22. The van der Waals surface area contributed by atoms with Crippen LogP contribution in [0.25, 0.3) is 0 Å². The molecule has 0 radical (unpaired) electrons. The van der Waals surface area contributed by atoms with E-state index in [1.54, 1.807) is 24.0 Å². The van der Waals surface area contributed by atoms with E-state index in [1.807, 2.05) is 24.3 Å². The summed E-state index contributed by atoms with van der Waals surface area (Å²) >= 11 is 13.8. The van der Waals surface area contributed by atoms with Gasteiger partial charge in [0.05, 0.1) is 10.7 Å². The summed E-state index contributed by atoms with van der Waals surface area (Å²) in [5.41, 5.74) is 4.83. The van der Waals surface area contributed by atoms with Crippen LogP contribution in [0.15, 0.2) is 58.4 Å². The maximum Gasteiger partial charge on any atom is 0.143 e. The summed E-state index contributed by atoms with van der Waals surface area (Å²) in [7, 11) is 0. The Labute approximate surface area is 232 Å². The van der Waals surface area contributed by atoms with Gasteiger partial charge in [-0.3, -0.25) is 4.99 Å². The van der Waals surface area contributed by atoms with Gasteiger partial charge in [0.1, 0.15) is 11.5 Å². The molecule has 2 N–H and O–H groups in total. The minimum atomic E-state index is -0.0400. The number of rotatable bonds is 6. The van der Waals surface area contributed by atoms with Crippen molar-refractivity contribution >= 4 is 46.9 Å². The highest BCUT2D eigenvalue weighted by molar-refractivity contribution is 7.98. The van der Waals surface area contributed by atoms with Crippen molar-refractivity contribution in [2.45, 2.75) is 61.5 Å². The number of aryl methyl sites for hydroxylation is 1. The number of aromatic hydroxyl groups is 2. The number of phenolic OH excluding ortho intramolecular Hbond substituents is 2.